The van der Waals surface area contributed by atoms with E-state index in [-0.39, 0.29) is 85.3 Å². The first-order chi connectivity index (χ1) is 32.9. The molecule has 2 unspecified atom stereocenters. The average Bonchev–Trinajstić information content (AvgIpc) is 3.92. The number of imide groups is 1. The summed E-state index contributed by atoms with van der Waals surface area (Å²) in [6.45, 7) is 16.3. The van der Waals surface area contributed by atoms with Crippen molar-refractivity contribution in [1.82, 2.24) is 41.0 Å². The summed E-state index contributed by atoms with van der Waals surface area (Å²) >= 11 is 1.12. The Morgan fingerprint density at radius 3 is 2.23 bits per heavy atom. The lowest BCUT2D eigenvalue weighted by Gasteiger charge is -2.38. The van der Waals surface area contributed by atoms with Crippen molar-refractivity contribution in [2.75, 3.05) is 59.2 Å². The van der Waals surface area contributed by atoms with Gasteiger partial charge in [-0.05, 0) is 76.7 Å². The summed E-state index contributed by atoms with van der Waals surface area (Å²) in [5.41, 5.74) is 5.42. The van der Waals surface area contributed by atoms with E-state index < -0.39 is 65.3 Å². The molecule has 21 heteroatoms. The van der Waals surface area contributed by atoms with Crippen molar-refractivity contribution in [3.8, 4) is 5.75 Å². The van der Waals surface area contributed by atoms with Crippen LogP contribution in [-0.4, -0.2) is 150 Å². The Bertz CT molecular complexity index is 2160. The average molecular weight is 997 g/mol. The number of hydrogen-bond acceptors (Lipinski definition) is 15. The van der Waals surface area contributed by atoms with E-state index in [1.165, 1.54) is 25.1 Å². The van der Waals surface area contributed by atoms with Gasteiger partial charge in [0, 0.05) is 95.1 Å². The molecule has 1 aromatic carbocycles. The molecule has 20 nitrogen and oxygen atoms in total. The first-order valence-corrected chi connectivity index (χ1v) is 24.8. The molecule has 7 amide bonds. The normalized spacial score (nSPS) is 15.3. The van der Waals surface area contributed by atoms with Crippen molar-refractivity contribution < 1.29 is 48.2 Å². The number of phenols is 1. The lowest BCUT2D eigenvalue weighted by molar-refractivity contribution is -0.149. The summed E-state index contributed by atoms with van der Waals surface area (Å²) in [5.74, 6) is -4.42. The van der Waals surface area contributed by atoms with E-state index in [2.05, 4.69) is 31.6 Å². The molecule has 0 spiro atoms. The number of carbonyl (C=O) groups excluding carboxylic acids is 8. The predicted octanol–water partition coefficient (Wildman–Crippen LogP) is 2.87. The van der Waals surface area contributed by atoms with Crippen LogP contribution in [0.15, 0.2) is 35.7 Å². The van der Waals surface area contributed by atoms with E-state index in [1.54, 1.807) is 69.2 Å². The van der Waals surface area contributed by atoms with Gasteiger partial charge in [-0.1, -0.05) is 47.1 Å². The number of amides is 7. The molecule has 1 aromatic heterocycles. The second-order valence-electron chi connectivity index (χ2n) is 19.0. The number of nitrogens with two attached hydrogens (primary N) is 1. The molecule has 0 aliphatic carbocycles. The lowest BCUT2D eigenvalue weighted by atomic mass is 9.92. The molecule has 0 fully saturated rings. The van der Waals surface area contributed by atoms with Gasteiger partial charge in [-0.15, -0.1) is 11.3 Å². The third-order valence-corrected chi connectivity index (χ3v) is 13.6. The number of carbonyl (C=O) groups is 8. The van der Waals surface area contributed by atoms with E-state index in [9.17, 15) is 43.5 Å². The smallest absolute Gasteiger partial charge is 0.303 e. The number of hydrogen-bond donors (Lipinski definition) is 7. The fraction of sp³-hybridized carbons (Fsp3) is 0.612. The highest BCUT2D eigenvalue weighted by Gasteiger charge is 2.39. The second-order valence-corrected chi connectivity index (χ2v) is 19.9. The number of benzene rings is 1. The number of rotatable bonds is 29. The Morgan fingerprint density at radius 2 is 1.63 bits per heavy atom. The first-order valence-electron chi connectivity index (χ1n) is 23.9. The summed E-state index contributed by atoms with van der Waals surface area (Å²) in [6, 6.07) is 2.64. The topological polar surface area (TPSA) is 275 Å². The van der Waals surface area contributed by atoms with Gasteiger partial charge in [0.15, 0.2) is 6.10 Å². The second kappa shape index (κ2) is 27.6. The summed E-state index contributed by atoms with van der Waals surface area (Å²) in [5, 5.41) is 27.3. The summed E-state index contributed by atoms with van der Waals surface area (Å²) in [7, 11) is 5.26. The molecule has 0 saturated carbocycles. The number of ether oxygens (including phenoxy) is 1. The molecule has 1 aliphatic rings. The van der Waals surface area contributed by atoms with Crippen molar-refractivity contribution in [2.24, 2.45) is 23.5 Å². The largest absolute Gasteiger partial charge is 0.506 e. The van der Waals surface area contributed by atoms with Gasteiger partial charge in [0.05, 0.1) is 11.2 Å². The zero-order valence-electron chi connectivity index (χ0n) is 42.7. The molecule has 0 saturated heterocycles. The van der Waals surface area contributed by atoms with Gasteiger partial charge in [-0.25, -0.2) is 4.98 Å². The maximum Gasteiger partial charge on any atom is 0.303 e. The maximum atomic E-state index is 14.3. The van der Waals surface area contributed by atoms with Gasteiger partial charge >= 0.3 is 5.97 Å². The number of aromatic hydroxyl groups is 1. The molecule has 3 rings (SSSR count). The minimum atomic E-state index is -0.942. The summed E-state index contributed by atoms with van der Waals surface area (Å²) in [6.07, 6.45) is 2.69. The first kappa shape index (κ1) is 58.5. The quantitative estimate of drug-likeness (QED) is 0.0267. The van der Waals surface area contributed by atoms with E-state index in [1.807, 2.05) is 27.7 Å². The third-order valence-electron chi connectivity index (χ3n) is 12.7. The zero-order chi connectivity index (χ0) is 52.5. The number of anilines is 1. The zero-order valence-corrected chi connectivity index (χ0v) is 43.5. The van der Waals surface area contributed by atoms with E-state index in [0.717, 1.165) is 16.2 Å². The predicted molar refractivity (Wildman–Crippen MR) is 267 cm³/mol. The SMILES string of the molecule is CC[C@H](C)[C@H](NC(=O)C(C)(C)N(C)C)C(=O)N(C)[C@H](C[C@@H](OC(C)=O)c1nc(C(=O)NC(Cc2ccc(O)c(NC(=O)CCCN3C(=O)C=CC3=O)c2)CC(C)C(=O)NCCNCCN)cs1)C(C)C. The Balaban J connectivity index is 1.86. The Hall–Kier alpha value is -5.77. The fourth-order valence-electron chi connectivity index (χ4n) is 7.64. The van der Waals surface area contributed by atoms with E-state index >= 15 is 0 Å². The van der Waals surface area contributed by atoms with Crippen LogP contribution in [0, 0.1) is 17.8 Å². The molecule has 2 heterocycles. The van der Waals surface area contributed by atoms with Gasteiger partial charge < -0.3 is 47.1 Å². The van der Waals surface area contributed by atoms with Crippen molar-refractivity contribution in [3.05, 3.63) is 52.0 Å². The maximum absolute atomic E-state index is 14.3. The van der Waals surface area contributed by atoms with Crippen LogP contribution >= 0.6 is 11.3 Å². The third kappa shape index (κ3) is 17.3. The number of nitrogens with one attached hydrogen (secondary N) is 5. The Morgan fingerprint density at radius 1 is 0.957 bits per heavy atom. The van der Waals surface area contributed by atoms with Crippen LogP contribution in [-0.2, 0) is 44.7 Å². The van der Waals surface area contributed by atoms with Crippen LogP contribution in [0.5, 0.6) is 5.75 Å². The van der Waals surface area contributed by atoms with Crippen LogP contribution in [0.2, 0.25) is 0 Å². The number of phenolic OH excluding ortho intramolecular Hbond substituents is 1. The molecule has 388 valence electrons. The molecule has 0 bridgehead atoms. The highest BCUT2D eigenvalue weighted by molar-refractivity contribution is 7.09. The number of thiazole rings is 1. The van der Waals surface area contributed by atoms with Gasteiger partial charge in [0.2, 0.25) is 23.6 Å². The summed E-state index contributed by atoms with van der Waals surface area (Å²) in [4.78, 5) is 113. The Kier molecular flexibility index (Phi) is 23.1. The standard InChI is InChI=1S/C49H76N10O10S/c1-12-30(4)43(56-48(68)49(7,8)57(9)10)47(67)58(11)37(29(2)3)27-39(69-32(6)60)46-55-36(28-70-46)45(66)53-34(24-31(5)44(65)52-22-21-51-20-19-50)25-33-15-16-38(61)35(26-33)54-40(62)14-13-23-59-41(63)17-18-42(59)64/h15-18,26,28-31,34,37,39,43,51,61H,12-14,19-25,27,50H2,1-11H3,(H,52,65)(H,53,66)(H,54,62)(H,56,68)/t30-,31?,34?,37+,39+,43-/m0/s1. The number of likely N-dealkylation sites (N-methyl/N-ethyl adjacent to an activating group) is 2. The molecular formula is C49H76N10O10S. The van der Waals surface area contributed by atoms with Crippen molar-refractivity contribution in [1.29, 1.82) is 0 Å². The molecular weight excluding hydrogens is 921 g/mol. The number of esters is 1. The minimum absolute atomic E-state index is 0.0330. The van der Waals surface area contributed by atoms with Crippen LogP contribution in [0.25, 0.3) is 0 Å². The fourth-order valence-corrected chi connectivity index (χ4v) is 8.48. The van der Waals surface area contributed by atoms with Crippen molar-refractivity contribution >= 4 is 64.3 Å². The van der Waals surface area contributed by atoms with Gasteiger partial charge in [-0.2, -0.15) is 0 Å². The molecule has 2 aromatic rings. The lowest BCUT2D eigenvalue weighted by Crippen LogP contribution is -2.60. The molecule has 0 radical (unpaired) electrons. The van der Waals surface area contributed by atoms with Crippen molar-refractivity contribution in [3.63, 3.8) is 0 Å². The molecule has 6 atom stereocenters. The van der Waals surface area contributed by atoms with Crippen LogP contribution in [0.3, 0.4) is 0 Å². The number of aromatic nitrogens is 1. The molecule has 8 N–H and O–H groups in total. The van der Waals surface area contributed by atoms with Crippen LogP contribution < -0.4 is 32.3 Å². The summed E-state index contributed by atoms with van der Waals surface area (Å²) < 4.78 is 5.83. The van der Waals surface area contributed by atoms with Gasteiger partial charge in [0.1, 0.15) is 22.5 Å². The molecule has 1 aliphatic heterocycles. The minimum Gasteiger partial charge on any atom is -0.506 e. The van der Waals surface area contributed by atoms with E-state index in [0.29, 0.717) is 43.2 Å². The molecule has 70 heavy (non-hydrogen) atoms. The van der Waals surface area contributed by atoms with Crippen molar-refractivity contribution in [2.45, 2.75) is 124 Å². The van der Waals surface area contributed by atoms with Gasteiger partial charge in [0.25, 0.3) is 17.7 Å². The number of nitrogens with zero attached hydrogens (tertiary/aromatic N) is 4. The monoisotopic (exact) mass is 997 g/mol. The Labute approximate surface area is 416 Å². The van der Waals surface area contributed by atoms with Gasteiger partial charge in [-0.3, -0.25) is 48.2 Å². The highest BCUT2D eigenvalue weighted by atomic mass is 32.1. The van der Waals surface area contributed by atoms with Crippen LogP contribution in [0.4, 0.5) is 5.69 Å². The van der Waals surface area contributed by atoms with E-state index in [4.69, 9.17) is 10.5 Å². The van der Waals surface area contributed by atoms with Crippen LogP contribution in [0.1, 0.15) is 115 Å². The highest BCUT2D eigenvalue weighted by Crippen LogP contribution is 2.32.